The van der Waals surface area contributed by atoms with Crippen molar-refractivity contribution in [3.8, 4) is 17.1 Å². The molecule has 0 saturated carbocycles. The van der Waals surface area contributed by atoms with E-state index in [1.54, 1.807) is 18.0 Å². The lowest BCUT2D eigenvalue weighted by molar-refractivity contribution is 0.195. The molecule has 3 heterocycles. The highest BCUT2D eigenvalue weighted by atomic mass is 32.2. The van der Waals surface area contributed by atoms with Crippen LogP contribution in [0.2, 0.25) is 0 Å². The first-order valence-corrected chi connectivity index (χ1v) is 8.77. The van der Waals surface area contributed by atoms with Gasteiger partial charge in [-0.05, 0) is 24.6 Å². The molecule has 122 valence electrons. The molecule has 1 aliphatic rings. The van der Waals surface area contributed by atoms with Crippen molar-refractivity contribution in [2.45, 2.75) is 24.7 Å². The second-order valence-corrected chi connectivity index (χ2v) is 6.36. The van der Waals surface area contributed by atoms with E-state index in [1.165, 1.54) is 0 Å². The monoisotopic (exact) mass is 340 g/mol. The van der Waals surface area contributed by atoms with E-state index in [1.807, 2.05) is 36.4 Å². The SMILES string of the molecule is CCCSc1nnc2c(n1)O[C@H](c1ccco1)Nc1ccccc1-2. The molecule has 0 unspecified atom stereocenters. The summed E-state index contributed by atoms with van der Waals surface area (Å²) in [5.41, 5.74) is 2.45. The Morgan fingerprint density at radius 1 is 1.17 bits per heavy atom. The zero-order valence-corrected chi connectivity index (χ0v) is 13.9. The molecule has 7 heteroatoms. The van der Waals surface area contributed by atoms with Crippen molar-refractivity contribution < 1.29 is 9.15 Å². The second-order valence-electron chi connectivity index (χ2n) is 5.30. The minimum absolute atomic E-state index is 0.461. The van der Waals surface area contributed by atoms with Crippen molar-refractivity contribution in [1.82, 2.24) is 15.2 Å². The summed E-state index contributed by atoms with van der Waals surface area (Å²) in [6, 6.07) is 11.6. The summed E-state index contributed by atoms with van der Waals surface area (Å²) in [7, 11) is 0. The molecule has 1 aliphatic heterocycles. The first kappa shape index (κ1) is 15.0. The minimum Gasteiger partial charge on any atom is -0.463 e. The lowest BCUT2D eigenvalue weighted by atomic mass is 10.1. The summed E-state index contributed by atoms with van der Waals surface area (Å²) >= 11 is 1.57. The van der Waals surface area contributed by atoms with E-state index in [-0.39, 0.29) is 0 Å². The van der Waals surface area contributed by atoms with Gasteiger partial charge in [0.2, 0.25) is 17.3 Å². The maximum atomic E-state index is 6.07. The number of fused-ring (bicyclic) bond motifs is 3. The number of furan rings is 1. The van der Waals surface area contributed by atoms with Gasteiger partial charge < -0.3 is 14.5 Å². The zero-order chi connectivity index (χ0) is 16.4. The number of para-hydroxylation sites is 1. The minimum atomic E-state index is -0.469. The Balaban J connectivity index is 1.79. The molecule has 0 bridgehead atoms. The molecule has 4 rings (SSSR count). The molecule has 1 aromatic carbocycles. The van der Waals surface area contributed by atoms with Gasteiger partial charge in [-0.1, -0.05) is 36.9 Å². The van der Waals surface area contributed by atoms with Crippen LogP contribution in [-0.2, 0) is 0 Å². The highest BCUT2D eigenvalue weighted by Gasteiger charge is 2.27. The number of aromatic nitrogens is 3. The van der Waals surface area contributed by atoms with Crippen LogP contribution in [0.4, 0.5) is 5.69 Å². The summed E-state index contributed by atoms with van der Waals surface area (Å²) in [4.78, 5) is 4.56. The first-order valence-electron chi connectivity index (χ1n) is 7.78. The molecule has 0 radical (unpaired) electrons. The van der Waals surface area contributed by atoms with Crippen molar-refractivity contribution in [3.05, 3.63) is 48.4 Å². The predicted octanol–water partition coefficient (Wildman–Crippen LogP) is 4.14. The van der Waals surface area contributed by atoms with E-state index in [0.29, 0.717) is 22.5 Å². The molecule has 0 aliphatic carbocycles. The number of thioether (sulfide) groups is 1. The quantitative estimate of drug-likeness (QED) is 0.716. The molecule has 24 heavy (non-hydrogen) atoms. The Morgan fingerprint density at radius 3 is 2.92 bits per heavy atom. The number of nitrogens with one attached hydrogen (secondary N) is 1. The van der Waals surface area contributed by atoms with Crippen LogP contribution in [0.15, 0.2) is 52.2 Å². The Morgan fingerprint density at radius 2 is 2.08 bits per heavy atom. The summed E-state index contributed by atoms with van der Waals surface area (Å²) in [5.74, 6) is 2.08. The lowest BCUT2D eigenvalue weighted by Crippen LogP contribution is -2.16. The number of ether oxygens (including phenoxy) is 1. The predicted molar refractivity (Wildman–Crippen MR) is 92.0 cm³/mol. The molecule has 0 spiro atoms. The lowest BCUT2D eigenvalue weighted by Gasteiger charge is -2.16. The molecule has 1 N–H and O–H groups in total. The Bertz CT molecular complexity index is 838. The largest absolute Gasteiger partial charge is 0.463 e. The van der Waals surface area contributed by atoms with Crippen LogP contribution in [0.3, 0.4) is 0 Å². The standard InChI is InChI=1S/C17H16N4O2S/c1-2-10-24-17-19-16-14(20-21-17)11-6-3-4-7-12(11)18-15(23-16)13-8-5-9-22-13/h3-9,15,18H,2,10H2,1H3/t15-/m1/s1. The van der Waals surface area contributed by atoms with Gasteiger partial charge in [0, 0.05) is 17.0 Å². The summed E-state index contributed by atoms with van der Waals surface area (Å²) < 4.78 is 11.6. The third kappa shape index (κ3) is 2.82. The van der Waals surface area contributed by atoms with Crippen LogP contribution in [-0.4, -0.2) is 20.9 Å². The fourth-order valence-electron chi connectivity index (χ4n) is 2.47. The normalized spacial score (nSPS) is 15.6. The number of benzene rings is 1. The van der Waals surface area contributed by atoms with E-state index in [0.717, 1.165) is 23.4 Å². The van der Waals surface area contributed by atoms with Crippen LogP contribution >= 0.6 is 11.8 Å². The Hall–Kier alpha value is -2.54. The van der Waals surface area contributed by atoms with Gasteiger partial charge in [-0.2, -0.15) is 4.98 Å². The maximum absolute atomic E-state index is 6.07. The molecule has 3 aromatic rings. The van der Waals surface area contributed by atoms with Gasteiger partial charge in [-0.25, -0.2) is 0 Å². The number of nitrogens with zero attached hydrogens (tertiary/aromatic N) is 3. The molecule has 2 aromatic heterocycles. The van der Waals surface area contributed by atoms with Crippen molar-refractivity contribution >= 4 is 17.4 Å². The fourth-order valence-corrected chi connectivity index (χ4v) is 3.10. The number of rotatable bonds is 4. The van der Waals surface area contributed by atoms with Gasteiger partial charge in [0.05, 0.1) is 6.26 Å². The molecule has 6 nitrogen and oxygen atoms in total. The van der Waals surface area contributed by atoms with E-state index in [4.69, 9.17) is 9.15 Å². The highest BCUT2D eigenvalue weighted by molar-refractivity contribution is 7.99. The second kappa shape index (κ2) is 6.52. The summed E-state index contributed by atoms with van der Waals surface area (Å²) in [5, 5.41) is 12.5. The van der Waals surface area contributed by atoms with Crippen LogP contribution in [0.1, 0.15) is 25.3 Å². The first-order chi connectivity index (χ1) is 11.8. The van der Waals surface area contributed by atoms with Crippen molar-refractivity contribution in [1.29, 1.82) is 0 Å². The average Bonchev–Trinajstić information content (AvgIpc) is 3.09. The van der Waals surface area contributed by atoms with Gasteiger partial charge in [0.25, 0.3) is 0 Å². The fraction of sp³-hybridized carbons (Fsp3) is 0.235. The topological polar surface area (TPSA) is 73.1 Å². The third-order valence-corrected chi connectivity index (χ3v) is 4.61. The van der Waals surface area contributed by atoms with Crippen LogP contribution in [0.25, 0.3) is 11.3 Å². The maximum Gasteiger partial charge on any atom is 0.247 e. The van der Waals surface area contributed by atoms with Crippen molar-refractivity contribution in [2.24, 2.45) is 0 Å². The molecule has 1 atom stereocenters. The van der Waals surface area contributed by atoms with E-state index in [2.05, 4.69) is 27.4 Å². The third-order valence-electron chi connectivity index (χ3n) is 3.57. The van der Waals surface area contributed by atoms with Gasteiger partial charge in [0.1, 0.15) is 0 Å². The van der Waals surface area contributed by atoms with Gasteiger partial charge >= 0.3 is 0 Å². The van der Waals surface area contributed by atoms with Crippen molar-refractivity contribution in [3.63, 3.8) is 0 Å². The number of hydrogen-bond acceptors (Lipinski definition) is 7. The van der Waals surface area contributed by atoms with Crippen LogP contribution < -0.4 is 10.1 Å². The van der Waals surface area contributed by atoms with E-state index < -0.39 is 6.23 Å². The van der Waals surface area contributed by atoms with Crippen molar-refractivity contribution in [2.75, 3.05) is 11.1 Å². The summed E-state index contributed by atoms with van der Waals surface area (Å²) in [6.07, 6.45) is 2.20. The van der Waals surface area contributed by atoms with Gasteiger partial charge in [0.15, 0.2) is 11.5 Å². The highest BCUT2D eigenvalue weighted by Crippen LogP contribution is 2.39. The van der Waals surface area contributed by atoms with Gasteiger partial charge in [-0.3, -0.25) is 0 Å². The van der Waals surface area contributed by atoms with Gasteiger partial charge in [-0.15, -0.1) is 10.2 Å². The Labute approximate surface area is 143 Å². The van der Waals surface area contributed by atoms with Crippen LogP contribution in [0, 0.1) is 0 Å². The van der Waals surface area contributed by atoms with E-state index >= 15 is 0 Å². The number of anilines is 1. The molecular formula is C17H16N4O2S. The summed E-state index contributed by atoms with van der Waals surface area (Å²) in [6.45, 7) is 2.12. The average molecular weight is 340 g/mol. The smallest absolute Gasteiger partial charge is 0.247 e. The molecule has 0 saturated heterocycles. The van der Waals surface area contributed by atoms with Crippen LogP contribution in [0.5, 0.6) is 5.88 Å². The van der Waals surface area contributed by atoms with E-state index in [9.17, 15) is 0 Å². The molecule has 0 amide bonds. The molecular weight excluding hydrogens is 324 g/mol. The Kier molecular flexibility index (Phi) is 4.08. The zero-order valence-electron chi connectivity index (χ0n) is 13.1. The number of hydrogen-bond donors (Lipinski definition) is 1. The molecule has 0 fully saturated rings.